The molecule has 1 amide bonds. The van der Waals surface area contributed by atoms with Crippen molar-refractivity contribution in [1.29, 1.82) is 0 Å². The number of nitrogens with one attached hydrogen (secondary N) is 2. The van der Waals surface area contributed by atoms with E-state index in [1.807, 2.05) is 0 Å². The van der Waals surface area contributed by atoms with Gasteiger partial charge in [-0.1, -0.05) is 36.4 Å². The fourth-order valence-electron chi connectivity index (χ4n) is 2.49. The van der Waals surface area contributed by atoms with Gasteiger partial charge in [0.2, 0.25) is 5.95 Å². The maximum atomic E-state index is 13.7. The van der Waals surface area contributed by atoms with Gasteiger partial charge in [0.05, 0.1) is 0 Å². The highest BCUT2D eigenvalue weighted by atomic mass is 19.1. The summed E-state index contributed by atoms with van der Waals surface area (Å²) >= 11 is 0. The molecule has 3 aromatic rings. The molecule has 0 atom stereocenters. The van der Waals surface area contributed by atoms with Crippen molar-refractivity contribution in [2.45, 2.75) is 20.0 Å². The van der Waals surface area contributed by atoms with Gasteiger partial charge in [0, 0.05) is 29.9 Å². The Hall–Kier alpha value is -3.35. The van der Waals surface area contributed by atoms with Crippen molar-refractivity contribution < 1.29 is 13.6 Å². The van der Waals surface area contributed by atoms with Crippen LogP contribution >= 0.6 is 0 Å². The predicted octanol–water partition coefficient (Wildman–Crippen LogP) is 3.61. The number of anilines is 1. The summed E-state index contributed by atoms with van der Waals surface area (Å²) in [6.45, 7) is 1.96. The molecule has 0 fully saturated rings. The molecule has 27 heavy (non-hydrogen) atoms. The second-order valence-electron chi connectivity index (χ2n) is 5.94. The number of carbonyl (C=O) groups excluding carboxylic acids is 1. The SMILES string of the molecule is Cc1cc(C(=O)NCc2ccccc2F)nc(NCc2ccccc2F)n1. The number of hydrogen-bond donors (Lipinski definition) is 2. The van der Waals surface area contributed by atoms with Crippen LogP contribution in [0, 0.1) is 18.6 Å². The Balaban J connectivity index is 1.68. The Morgan fingerprint density at radius 3 is 2.15 bits per heavy atom. The second-order valence-corrected chi connectivity index (χ2v) is 5.94. The van der Waals surface area contributed by atoms with E-state index in [-0.39, 0.29) is 36.4 Å². The van der Waals surface area contributed by atoms with Crippen molar-refractivity contribution in [2.75, 3.05) is 5.32 Å². The average molecular weight is 368 g/mol. The van der Waals surface area contributed by atoms with Crippen LogP contribution < -0.4 is 10.6 Å². The Labute approximate surface area is 155 Å². The Morgan fingerprint density at radius 2 is 1.52 bits per heavy atom. The minimum absolute atomic E-state index is 0.0482. The van der Waals surface area contributed by atoms with E-state index in [9.17, 15) is 13.6 Å². The molecule has 0 saturated carbocycles. The zero-order valence-electron chi connectivity index (χ0n) is 14.7. The number of carbonyl (C=O) groups is 1. The number of aryl methyl sites for hydroxylation is 1. The number of hydrogen-bond acceptors (Lipinski definition) is 4. The molecule has 2 N–H and O–H groups in total. The Kier molecular flexibility index (Phi) is 5.71. The number of halogens is 2. The number of rotatable bonds is 6. The van der Waals surface area contributed by atoms with Crippen LogP contribution in [-0.4, -0.2) is 15.9 Å². The second kappa shape index (κ2) is 8.35. The maximum Gasteiger partial charge on any atom is 0.270 e. The third-order valence-electron chi connectivity index (χ3n) is 3.88. The van der Waals surface area contributed by atoms with Gasteiger partial charge in [0.25, 0.3) is 5.91 Å². The van der Waals surface area contributed by atoms with Gasteiger partial charge in [-0.3, -0.25) is 4.79 Å². The van der Waals surface area contributed by atoms with Gasteiger partial charge in [-0.2, -0.15) is 0 Å². The third kappa shape index (κ3) is 4.84. The fourth-order valence-corrected chi connectivity index (χ4v) is 2.49. The molecule has 0 radical (unpaired) electrons. The largest absolute Gasteiger partial charge is 0.350 e. The highest BCUT2D eigenvalue weighted by molar-refractivity contribution is 5.92. The average Bonchev–Trinajstić information content (AvgIpc) is 2.66. The third-order valence-corrected chi connectivity index (χ3v) is 3.88. The standard InChI is InChI=1S/C20H18F2N4O/c1-13-10-18(19(27)23-11-14-6-2-4-8-16(14)21)26-20(25-13)24-12-15-7-3-5-9-17(15)22/h2-10H,11-12H2,1H3,(H,23,27)(H,24,25,26). The van der Waals surface area contributed by atoms with Crippen molar-refractivity contribution in [2.24, 2.45) is 0 Å². The summed E-state index contributed by atoms with van der Waals surface area (Å²) in [5, 5.41) is 5.55. The van der Waals surface area contributed by atoms with E-state index in [1.165, 1.54) is 18.2 Å². The van der Waals surface area contributed by atoms with Gasteiger partial charge in [-0.15, -0.1) is 0 Å². The predicted molar refractivity (Wildman–Crippen MR) is 98.1 cm³/mol. The molecule has 0 bridgehead atoms. The molecule has 0 saturated heterocycles. The molecular formula is C20H18F2N4O. The van der Waals surface area contributed by atoms with Gasteiger partial charge < -0.3 is 10.6 Å². The lowest BCUT2D eigenvalue weighted by atomic mass is 10.2. The summed E-state index contributed by atoms with van der Waals surface area (Å²) in [5.41, 5.74) is 1.58. The minimum atomic E-state index is -0.447. The molecule has 3 rings (SSSR count). The van der Waals surface area contributed by atoms with Crippen molar-refractivity contribution in [3.63, 3.8) is 0 Å². The highest BCUT2D eigenvalue weighted by Gasteiger charge is 2.12. The van der Waals surface area contributed by atoms with Crippen LogP contribution in [0.2, 0.25) is 0 Å². The van der Waals surface area contributed by atoms with Gasteiger partial charge in [-0.05, 0) is 25.1 Å². The van der Waals surface area contributed by atoms with E-state index in [0.717, 1.165) is 0 Å². The molecule has 0 aliphatic rings. The summed E-state index contributed by atoms with van der Waals surface area (Å²) < 4.78 is 27.3. The lowest BCUT2D eigenvalue weighted by Crippen LogP contribution is -2.25. The molecular weight excluding hydrogens is 350 g/mol. The first-order chi connectivity index (χ1) is 13.0. The molecule has 5 nitrogen and oxygen atoms in total. The van der Waals surface area contributed by atoms with E-state index < -0.39 is 5.91 Å². The quantitative estimate of drug-likeness (QED) is 0.698. The van der Waals surface area contributed by atoms with Gasteiger partial charge in [-0.25, -0.2) is 18.7 Å². The smallest absolute Gasteiger partial charge is 0.270 e. The highest BCUT2D eigenvalue weighted by Crippen LogP contribution is 2.11. The Bertz CT molecular complexity index is 962. The van der Waals surface area contributed by atoms with Gasteiger partial charge in [0.1, 0.15) is 17.3 Å². The van der Waals surface area contributed by atoms with Gasteiger partial charge in [0.15, 0.2) is 0 Å². The van der Waals surface area contributed by atoms with Crippen molar-refractivity contribution in [3.05, 3.63) is 88.7 Å². The molecule has 0 unspecified atom stereocenters. The lowest BCUT2D eigenvalue weighted by Gasteiger charge is -2.10. The fraction of sp³-hybridized carbons (Fsp3) is 0.150. The molecule has 138 valence electrons. The molecule has 0 aliphatic carbocycles. The molecule has 0 aliphatic heterocycles. The number of nitrogens with zero attached hydrogens (tertiary/aromatic N) is 2. The monoisotopic (exact) mass is 368 g/mol. The normalized spacial score (nSPS) is 10.5. The summed E-state index contributed by atoms with van der Waals surface area (Å²) in [6.07, 6.45) is 0. The van der Waals surface area contributed by atoms with Crippen LogP contribution in [0.15, 0.2) is 54.6 Å². The summed E-state index contributed by atoms with van der Waals surface area (Å²) in [4.78, 5) is 20.7. The van der Waals surface area contributed by atoms with E-state index in [0.29, 0.717) is 16.8 Å². The zero-order valence-corrected chi connectivity index (χ0v) is 14.7. The van der Waals surface area contributed by atoms with Gasteiger partial charge >= 0.3 is 0 Å². The maximum absolute atomic E-state index is 13.7. The van der Waals surface area contributed by atoms with Crippen LogP contribution in [0.4, 0.5) is 14.7 Å². The zero-order chi connectivity index (χ0) is 19.2. The molecule has 2 aromatic carbocycles. The van der Waals surface area contributed by atoms with Crippen LogP contribution in [0.5, 0.6) is 0 Å². The van der Waals surface area contributed by atoms with E-state index in [4.69, 9.17) is 0 Å². The molecule has 1 heterocycles. The molecule has 0 spiro atoms. The number of benzene rings is 2. The topological polar surface area (TPSA) is 66.9 Å². The minimum Gasteiger partial charge on any atom is -0.350 e. The van der Waals surface area contributed by atoms with Crippen LogP contribution in [-0.2, 0) is 13.1 Å². The Morgan fingerprint density at radius 1 is 0.926 bits per heavy atom. The van der Waals surface area contributed by atoms with Crippen molar-refractivity contribution >= 4 is 11.9 Å². The number of amides is 1. The molecule has 1 aromatic heterocycles. The summed E-state index contributed by atoms with van der Waals surface area (Å²) in [5.74, 6) is -0.948. The first kappa shape index (κ1) is 18.4. The number of aromatic nitrogens is 2. The van der Waals surface area contributed by atoms with E-state index in [2.05, 4.69) is 20.6 Å². The van der Waals surface area contributed by atoms with Crippen molar-refractivity contribution in [3.8, 4) is 0 Å². The summed E-state index contributed by atoms with van der Waals surface area (Å²) in [6, 6.07) is 14.1. The van der Waals surface area contributed by atoms with E-state index >= 15 is 0 Å². The van der Waals surface area contributed by atoms with Crippen LogP contribution in [0.3, 0.4) is 0 Å². The first-order valence-electron chi connectivity index (χ1n) is 8.37. The van der Waals surface area contributed by atoms with Crippen LogP contribution in [0.25, 0.3) is 0 Å². The van der Waals surface area contributed by atoms with Crippen molar-refractivity contribution in [1.82, 2.24) is 15.3 Å². The first-order valence-corrected chi connectivity index (χ1v) is 8.37. The lowest BCUT2D eigenvalue weighted by molar-refractivity contribution is 0.0945. The van der Waals surface area contributed by atoms with Crippen LogP contribution in [0.1, 0.15) is 27.3 Å². The molecule has 7 heteroatoms. The summed E-state index contributed by atoms with van der Waals surface area (Å²) in [7, 11) is 0. The van der Waals surface area contributed by atoms with E-state index in [1.54, 1.807) is 43.3 Å².